The van der Waals surface area contributed by atoms with Gasteiger partial charge in [0.2, 0.25) is 0 Å². The number of anilines is 1. The average molecular weight is 541 g/mol. The first kappa shape index (κ1) is 25.6. The zero-order valence-corrected chi connectivity index (χ0v) is 22.5. The molecule has 194 valence electrons. The number of benzene rings is 2. The molecule has 0 spiro atoms. The van der Waals surface area contributed by atoms with Crippen molar-refractivity contribution in [2.24, 2.45) is 0 Å². The van der Waals surface area contributed by atoms with E-state index in [-0.39, 0.29) is 5.91 Å². The van der Waals surface area contributed by atoms with Crippen LogP contribution in [0.25, 0.3) is 0 Å². The third-order valence-corrected chi connectivity index (χ3v) is 7.68. The first-order valence-corrected chi connectivity index (χ1v) is 13.5. The quantitative estimate of drug-likeness (QED) is 0.247. The number of aromatic nitrogens is 2. The van der Waals surface area contributed by atoms with E-state index in [4.69, 9.17) is 30.8 Å². The molecule has 0 N–H and O–H groups in total. The number of carbonyl (C=O) groups is 1. The van der Waals surface area contributed by atoms with Crippen LogP contribution in [0.4, 0.5) is 5.82 Å². The summed E-state index contributed by atoms with van der Waals surface area (Å²) in [6.45, 7) is 3.97. The number of halogens is 1. The molecule has 10 heteroatoms. The van der Waals surface area contributed by atoms with Crippen molar-refractivity contribution < 1.29 is 19.0 Å². The molecule has 8 nitrogen and oxygen atoms in total. The Balaban J connectivity index is 1.24. The highest BCUT2D eigenvalue weighted by atomic mass is 35.5. The molecular weight excluding hydrogens is 512 g/mol. The largest absolute Gasteiger partial charge is 0.493 e. The molecule has 0 bridgehead atoms. The molecule has 2 aliphatic heterocycles. The Hall–Kier alpha value is -3.01. The molecule has 1 aromatic heterocycles. The molecule has 3 heterocycles. The molecule has 37 heavy (non-hydrogen) atoms. The van der Waals surface area contributed by atoms with E-state index in [2.05, 4.69) is 16.0 Å². The summed E-state index contributed by atoms with van der Waals surface area (Å²) in [5.41, 5.74) is 4.21. The summed E-state index contributed by atoms with van der Waals surface area (Å²) in [4.78, 5) is 25.9. The van der Waals surface area contributed by atoms with Gasteiger partial charge in [0.05, 0.1) is 27.4 Å². The van der Waals surface area contributed by atoms with Crippen molar-refractivity contribution in [2.45, 2.75) is 23.9 Å². The van der Waals surface area contributed by atoms with Crippen molar-refractivity contribution >= 4 is 35.1 Å². The zero-order valence-electron chi connectivity index (χ0n) is 20.9. The van der Waals surface area contributed by atoms with Crippen LogP contribution in [0.5, 0.6) is 11.5 Å². The van der Waals surface area contributed by atoms with Crippen molar-refractivity contribution in [3.05, 3.63) is 69.9 Å². The van der Waals surface area contributed by atoms with Gasteiger partial charge in [-0.05, 0) is 47.4 Å². The Kier molecular flexibility index (Phi) is 8.02. The summed E-state index contributed by atoms with van der Waals surface area (Å²) in [5.74, 6) is 2.99. The second-order valence-corrected chi connectivity index (χ2v) is 10.2. The molecule has 0 radical (unpaired) electrons. The van der Waals surface area contributed by atoms with E-state index >= 15 is 0 Å². The first-order valence-electron chi connectivity index (χ1n) is 12.2. The van der Waals surface area contributed by atoms with Gasteiger partial charge in [-0.3, -0.25) is 4.79 Å². The Morgan fingerprint density at radius 2 is 1.70 bits per heavy atom. The van der Waals surface area contributed by atoms with E-state index in [1.165, 1.54) is 22.9 Å². The fraction of sp³-hybridized carbons (Fsp3) is 0.370. The van der Waals surface area contributed by atoms with E-state index in [1.807, 2.05) is 41.3 Å². The zero-order chi connectivity index (χ0) is 25.8. The number of morpholine rings is 1. The van der Waals surface area contributed by atoms with Crippen molar-refractivity contribution in [1.82, 2.24) is 14.9 Å². The number of nitrogens with zero attached hydrogens (tertiary/aromatic N) is 4. The number of fused-ring (bicyclic) bond motifs is 1. The molecule has 0 unspecified atom stereocenters. The van der Waals surface area contributed by atoms with E-state index in [0.717, 1.165) is 35.8 Å². The number of carbonyl (C=O) groups excluding carboxylic acids is 1. The highest BCUT2D eigenvalue weighted by Crippen LogP contribution is 2.35. The maximum Gasteiger partial charge on any atom is 0.254 e. The third-order valence-electron chi connectivity index (χ3n) is 6.57. The first-order chi connectivity index (χ1) is 18.0. The third kappa shape index (κ3) is 5.95. The van der Waals surface area contributed by atoms with Crippen molar-refractivity contribution in [3.63, 3.8) is 0 Å². The number of amides is 1. The molecule has 1 amide bonds. The SMILES string of the molecule is COc1cc2c(cc1OC)CN(c1cc(Cl)nc(SCc3ccc(C(=O)N4CCOCC4)cc3)n1)CC2. The van der Waals surface area contributed by atoms with Gasteiger partial charge in [-0.15, -0.1) is 0 Å². The van der Waals surface area contributed by atoms with Crippen LogP contribution in [-0.2, 0) is 23.5 Å². The van der Waals surface area contributed by atoms with E-state index in [0.29, 0.717) is 54.5 Å². The lowest BCUT2D eigenvalue weighted by molar-refractivity contribution is 0.0303. The van der Waals surface area contributed by atoms with Gasteiger partial charge in [0.25, 0.3) is 5.91 Å². The fourth-order valence-electron chi connectivity index (χ4n) is 4.53. The van der Waals surface area contributed by atoms with E-state index < -0.39 is 0 Å². The summed E-state index contributed by atoms with van der Waals surface area (Å²) in [6.07, 6.45) is 0.870. The van der Waals surface area contributed by atoms with Crippen LogP contribution in [0.15, 0.2) is 47.6 Å². The number of hydrogen-bond acceptors (Lipinski definition) is 8. The second kappa shape index (κ2) is 11.6. The topological polar surface area (TPSA) is 77.0 Å². The lowest BCUT2D eigenvalue weighted by atomic mass is 9.99. The number of thioether (sulfide) groups is 1. The molecule has 2 aromatic carbocycles. The molecule has 1 fully saturated rings. The Labute approximate surface area is 225 Å². The predicted molar refractivity (Wildman–Crippen MR) is 144 cm³/mol. The van der Waals surface area contributed by atoms with Crippen molar-refractivity contribution in [2.75, 3.05) is 52.0 Å². The molecule has 1 saturated heterocycles. The maximum atomic E-state index is 12.7. The summed E-state index contributed by atoms with van der Waals surface area (Å²) >= 11 is 7.91. The molecule has 0 aliphatic carbocycles. The van der Waals surface area contributed by atoms with E-state index in [9.17, 15) is 4.79 Å². The summed E-state index contributed by atoms with van der Waals surface area (Å²) in [6, 6.07) is 13.6. The molecule has 2 aliphatic rings. The smallest absolute Gasteiger partial charge is 0.254 e. The number of ether oxygens (including phenoxy) is 3. The second-order valence-electron chi connectivity index (χ2n) is 8.87. The van der Waals surface area contributed by atoms with Gasteiger partial charge in [0.15, 0.2) is 16.7 Å². The summed E-state index contributed by atoms with van der Waals surface area (Å²) in [5, 5.41) is 1.03. The van der Waals surface area contributed by atoms with Gasteiger partial charge in [-0.2, -0.15) is 0 Å². The Bertz CT molecular complexity index is 1270. The number of hydrogen-bond donors (Lipinski definition) is 0. The van der Waals surface area contributed by atoms with Crippen LogP contribution in [-0.4, -0.2) is 67.8 Å². The predicted octanol–water partition coefficient (Wildman–Crippen LogP) is 4.47. The fourth-order valence-corrected chi connectivity index (χ4v) is 5.57. The van der Waals surface area contributed by atoms with Gasteiger partial charge >= 0.3 is 0 Å². The van der Waals surface area contributed by atoms with Crippen LogP contribution >= 0.6 is 23.4 Å². The number of methoxy groups -OCH3 is 2. The highest BCUT2D eigenvalue weighted by molar-refractivity contribution is 7.98. The van der Waals surface area contributed by atoms with Crippen molar-refractivity contribution in [3.8, 4) is 11.5 Å². The van der Waals surface area contributed by atoms with Crippen LogP contribution < -0.4 is 14.4 Å². The van der Waals surface area contributed by atoms with Crippen LogP contribution in [0.2, 0.25) is 5.15 Å². The number of rotatable bonds is 7. The standard InChI is InChI=1S/C27H29ClN4O4S/c1-34-22-13-20-7-8-32(16-21(20)14-23(22)35-2)25-15-24(28)29-27(30-25)37-17-18-3-5-19(6-4-18)26(33)31-9-11-36-12-10-31/h3-6,13-15H,7-12,16-17H2,1-2H3. The summed E-state index contributed by atoms with van der Waals surface area (Å²) in [7, 11) is 3.30. The van der Waals surface area contributed by atoms with Crippen LogP contribution in [0.1, 0.15) is 27.0 Å². The van der Waals surface area contributed by atoms with Crippen molar-refractivity contribution in [1.29, 1.82) is 0 Å². The molecule has 3 aromatic rings. The van der Waals surface area contributed by atoms with Crippen LogP contribution in [0.3, 0.4) is 0 Å². The van der Waals surface area contributed by atoms with Gasteiger partial charge in [0.1, 0.15) is 11.0 Å². The lowest BCUT2D eigenvalue weighted by Crippen LogP contribution is -2.40. The Morgan fingerprint density at radius 1 is 1.00 bits per heavy atom. The minimum Gasteiger partial charge on any atom is -0.493 e. The molecule has 5 rings (SSSR count). The average Bonchev–Trinajstić information content (AvgIpc) is 2.95. The Morgan fingerprint density at radius 3 is 2.41 bits per heavy atom. The van der Waals surface area contributed by atoms with Crippen LogP contribution in [0, 0.1) is 0 Å². The lowest BCUT2D eigenvalue weighted by Gasteiger charge is -2.30. The normalized spacial score (nSPS) is 15.3. The maximum absolute atomic E-state index is 12.7. The minimum atomic E-state index is 0.0458. The molecule has 0 saturated carbocycles. The van der Waals surface area contributed by atoms with Gasteiger partial charge in [-0.1, -0.05) is 35.5 Å². The van der Waals surface area contributed by atoms with Gasteiger partial charge < -0.3 is 24.0 Å². The molecular formula is C27H29ClN4O4S. The monoisotopic (exact) mass is 540 g/mol. The van der Waals surface area contributed by atoms with E-state index in [1.54, 1.807) is 14.2 Å². The highest BCUT2D eigenvalue weighted by Gasteiger charge is 2.22. The molecule has 0 atom stereocenters. The van der Waals surface area contributed by atoms with Gasteiger partial charge in [0, 0.05) is 43.6 Å². The van der Waals surface area contributed by atoms with Gasteiger partial charge in [-0.25, -0.2) is 9.97 Å². The minimum absolute atomic E-state index is 0.0458. The summed E-state index contributed by atoms with van der Waals surface area (Å²) < 4.78 is 16.3.